The Hall–Kier alpha value is -1.62. The van der Waals surface area contributed by atoms with Gasteiger partial charge in [-0.25, -0.2) is 4.98 Å². The van der Waals surface area contributed by atoms with E-state index in [-0.39, 0.29) is 5.91 Å². The first-order valence-electron chi connectivity index (χ1n) is 7.64. The topological polar surface area (TPSA) is 60.5 Å². The molecule has 1 aliphatic carbocycles. The van der Waals surface area contributed by atoms with Gasteiger partial charge in [0.2, 0.25) is 5.88 Å². The molecule has 0 aromatic carbocycles. The summed E-state index contributed by atoms with van der Waals surface area (Å²) < 4.78 is 11.1. The highest BCUT2D eigenvalue weighted by Gasteiger charge is 2.48. The normalized spacial score (nSPS) is 17.1. The smallest absolute Gasteiger partial charge is 0.256 e. The van der Waals surface area contributed by atoms with Gasteiger partial charge in [-0.05, 0) is 45.1 Å². The number of carbonyl (C=O) groups is 1. The maximum Gasteiger partial charge on any atom is 0.256 e. The Balaban J connectivity index is 1.98. The molecule has 1 saturated carbocycles. The van der Waals surface area contributed by atoms with Crippen molar-refractivity contribution in [3.05, 3.63) is 18.3 Å². The van der Waals surface area contributed by atoms with Gasteiger partial charge in [-0.1, -0.05) is 6.92 Å². The van der Waals surface area contributed by atoms with Crippen LogP contribution >= 0.6 is 0 Å². The van der Waals surface area contributed by atoms with Gasteiger partial charge in [0, 0.05) is 12.7 Å². The third-order valence-corrected chi connectivity index (χ3v) is 3.70. The van der Waals surface area contributed by atoms with E-state index in [4.69, 9.17) is 9.47 Å². The van der Waals surface area contributed by atoms with Crippen LogP contribution < -0.4 is 10.1 Å². The minimum absolute atomic E-state index is 0.101. The van der Waals surface area contributed by atoms with E-state index < -0.39 is 5.60 Å². The monoisotopic (exact) mass is 292 g/mol. The van der Waals surface area contributed by atoms with Gasteiger partial charge in [0.1, 0.15) is 5.60 Å². The third kappa shape index (κ3) is 3.94. The third-order valence-electron chi connectivity index (χ3n) is 3.70. The molecule has 5 nitrogen and oxygen atoms in total. The van der Waals surface area contributed by atoms with Gasteiger partial charge in [-0.15, -0.1) is 0 Å². The van der Waals surface area contributed by atoms with Crippen molar-refractivity contribution in [2.45, 2.75) is 45.6 Å². The molecule has 0 bridgehead atoms. The second-order valence-electron chi connectivity index (χ2n) is 5.50. The van der Waals surface area contributed by atoms with Crippen molar-refractivity contribution in [3.63, 3.8) is 0 Å². The molecule has 1 heterocycles. The summed E-state index contributed by atoms with van der Waals surface area (Å²) in [5, 5.41) is 2.89. The number of carbonyl (C=O) groups excluding carboxylic acids is 1. The van der Waals surface area contributed by atoms with Gasteiger partial charge in [0.15, 0.2) is 0 Å². The average Bonchev–Trinajstić information content (AvgIpc) is 3.31. The minimum Gasteiger partial charge on any atom is -0.478 e. The predicted octanol–water partition coefficient (Wildman–Crippen LogP) is 3.01. The van der Waals surface area contributed by atoms with Crippen LogP contribution in [0.1, 0.15) is 40.0 Å². The summed E-state index contributed by atoms with van der Waals surface area (Å²) in [6, 6.07) is 3.57. The van der Waals surface area contributed by atoms with Crippen LogP contribution in [-0.4, -0.2) is 29.7 Å². The summed E-state index contributed by atoms with van der Waals surface area (Å²) in [4.78, 5) is 16.6. The molecular weight excluding hydrogens is 268 g/mol. The summed E-state index contributed by atoms with van der Waals surface area (Å²) in [5.41, 5.74) is -0.0815. The van der Waals surface area contributed by atoms with Crippen LogP contribution in [0.2, 0.25) is 0 Å². The predicted molar refractivity (Wildman–Crippen MR) is 81.4 cm³/mol. The molecule has 1 fully saturated rings. The van der Waals surface area contributed by atoms with Gasteiger partial charge >= 0.3 is 0 Å². The molecule has 0 saturated heterocycles. The lowest BCUT2D eigenvalue weighted by Crippen LogP contribution is -2.44. The number of hydrogen-bond donors (Lipinski definition) is 1. The van der Waals surface area contributed by atoms with Gasteiger partial charge < -0.3 is 14.8 Å². The number of rotatable bonds is 8. The molecule has 5 heteroatoms. The van der Waals surface area contributed by atoms with Gasteiger partial charge in [-0.2, -0.15) is 0 Å². The van der Waals surface area contributed by atoms with Crippen LogP contribution in [0.15, 0.2) is 18.3 Å². The molecule has 0 aliphatic heterocycles. The summed E-state index contributed by atoms with van der Waals surface area (Å²) in [6.45, 7) is 7.00. The first kappa shape index (κ1) is 15.8. The highest BCUT2D eigenvalue weighted by molar-refractivity contribution is 5.97. The molecule has 116 valence electrons. The number of hydrogen-bond acceptors (Lipinski definition) is 4. The molecule has 1 atom stereocenters. The molecule has 0 radical (unpaired) electrons. The molecule has 1 aliphatic rings. The van der Waals surface area contributed by atoms with Crippen molar-refractivity contribution in [1.82, 2.24) is 4.98 Å². The summed E-state index contributed by atoms with van der Waals surface area (Å²) >= 11 is 0. The molecule has 0 spiro atoms. The minimum atomic E-state index is -0.744. The number of anilines is 1. The first-order chi connectivity index (χ1) is 10.1. The Morgan fingerprint density at radius 2 is 2.19 bits per heavy atom. The first-order valence-corrected chi connectivity index (χ1v) is 7.64. The van der Waals surface area contributed by atoms with Gasteiger partial charge in [0.25, 0.3) is 5.91 Å². The van der Waals surface area contributed by atoms with Crippen LogP contribution in [0, 0.1) is 5.92 Å². The van der Waals surface area contributed by atoms with Gasteiger partial charge in [-0.3, -0.25) is 4.79 Å². The van der Waals surface area contributed by atoms with Crippen LogP contribution in [0.4, 0.5) is 5.69 Å². The van der Waals surface area contributed by atoms with Crippen molar-refractivity contribution in [2.75, 3.05) is 18.5 Å². The summed E-state index contributed by atoms with van der Waals surface area (Å²) in [6.07, 6.45) is 4.65. The number of aromatic nitrogens is 1. The SMILES string of the molecule is CCCOc1ccc(NC(=O)C(C)(OCC)C2CC2)cn1. The largest absolute Gasteiger partial charge is 0.478 e. The fourth-order valence-corrected chi connectivity index (χ4v) is 2.30. The zero-order chi connectivity index (χ0) is 15.3. The van der Waals surface area contributed by atoms with E-state index in [1.165, 1.54) is 0 Å². The second kappa shape index (κ2) is 6.89. The Labute approximate surface area is 126 Å². The molecule has 1 N–H and O–H groups in total. The van der Waals surface area contributed by atoms with E-state index in [0.717, 1.165) is 19.3 Å². The van der Waals surface area contributed by atoms with E-state index in [0.29, 0.717) is 30.7 Å². The number of pyridine rings is 1. The van der Waals surface area contributed by atoms with E-state index in [2.05, 4.69) is 10.3 Å². The van der Waals surface area contributed by atoms with Crippen LogP contribution in [0.5, 0.6) is 5.88 Å². The summed E-state index contributed by atoms with van der Waals surface area (Å²) in [7, 11) is 0. The summed E-state index contributed by atoms with van der Waals surface area (Å²) in [5.74, 6) is 0.790. The van der Waals surface area contributed by atoms with Crippen molar-refractivity contribution < 1.29 is 14.3 Å². The molecule has 21 heavy (non-hydrogen) atoms. The lowest BCUT2D eigenvalue weighted by Gasteiger charge is -2.28. The van der Waals surface area contributed by atoms with E-state index >= 15 is 0 Å². The van der Waals surface area contributed by atoms with Crippen molar-refractivity contribution >= 4 is 11.6 Å². The number of amides is 1. The van der Waals surface area contributed by atoms with Crippen LogP contribution in [0.25, 0.3) is 0 Å². The zero-order valence-electron chi connectivity index (χ0n) is 13.0. The average molecular weight is 292 g/mol. The molecule has 1 aromatic rings. The van der Waals surface area contributed by atoms with Crippen molar-refractivity contribution in [2.24, 2.45) is 5.92 Å². The number of ether oxygens (including phenoxy) is 2. The molecule has 1 unspecified atom stereocenters. The zero-order valence-corrected chi connectivity index (χ0v) is 13.0. The standard InChI is InChI=1S/C16H24N2O3/c1-4-10-20-14-9-8-13(11-17-14)18-15(19)16(3,21-5-2)12-6-7-12/h8-9,11-12H,4-7,10H2,1-3H3,(H,18,19). The lowest BCUT2D eigenvalue weighted by atomic mass is 9.99. The van der Waals surface area contributed by atoms with E-state index in [1.54, 1.807) is 18.3 Å². The number of nitrogens with one attached hydrogen (secondary N) is 1. The molecule has 2 rings (SSSR count). The van der Waals surface area contributed by atoms with Crippen LogP contribution in [0.3, 0.4) is 0 Å². The Morgan fingerprint density at radius 3 is 2.71 bits per heavy atom. The number of nitrogens with zero attached hydrogens (tertiary/aromatic N) is 1. The Kier molecular flexibility index (Phi) is 5.17. The van der Waals surface area contributed by atoms with E-state index in [9.17, 15) is 4.79 Å². The fourth-order valence-electron chi connectivity index (χ4n) is 2.30. The maximum atomic E-state index is 12.5. The van der Waals surface area contributed by atoms with Crippen molar-refractivity contribution in [3.8, 4) is 5.88 Å². The highest BCUT2D eigenvalue weighted by atomic mass is 16.5. The highest BCUT2D eigenvalue weighted by Crippen LogP contribution is 2.42. The molecular formula is C16H24N2O3. The van der Waals surface area contributed by atoms with E-state index in [1.807, 2.05) is 20.8 Å². The Morgan fingerprint density at radius 1 is 1.43 bits per heavy atom. The van der Waals surface area contributed by atoms with Gasteiger partial charge in [0.05, 0.1) is 18.5 Å². The van der Waals surface area contributed by atoms with Crippen LogP contribution in [-0.2, 0) is 9.53 Å². The second-order valence-corrected chi connectivity index (χ2v) is 5.50. The Bertz CT molecular complexity index is 471. The fraction of sp³-hybridized carbons (Fsp3) is 0.625. The quantitative estimate of drug-likeness (QED) is 0.800. The molecule has 1 amide bonds. The molecule has 1 aromatic heterocycles. The van der Waals surface area contributed by atoms with Crippen molar-refractivity contribution in [1.29, 1.82) is 0 Å². The lowest BCUT2D eigenvalue weighted by molar-refractivity contribution is -0.141. The maximum absolute atomic E-state index is 12.5.